The van der Waals surface area contributed by atoms with E-state index >= 15 is 0 Å². The molecule has 2 rings (SSSR count). The smallest absolute Gasteiger partial charge is 0.320 e. The van der Waals surface area contributed by atoms with Gasteiger partial charge in [0.25, 0.3) is 0 Å². The summed E-state index contributed by atoms with van der Waals surface area (Å²) in [5.74, 6) is -0.692. The Bertz CT molecular complexity index is 416. The molecule has 1 aromatic rings. The minimum atomic E-state index is -0.811. The van der Waals surface area contributed by atoms with Crippen molar-refractivity contribution in [2.45, 2.75) is 25.4 Å². The van der Waals surface area contributed by atoms with Gasteiger partial charge in [0.2, 0.25) is 0 Å². The van der Waals surface area contributed by atoms with Gasteiger partial charge >= 0.3 is 5.97 Å². The Morgan fingerprint density at radius 3 is 2.94 bits per heavy atom. The molecule has 1 aliphatic heterocycles. The molecule has 92 valence electrons. The van der Waals surface area contributed by atoms with Gasteiger partial charge < -0.3 is 10.2 Å². The van der Waals surface area contributed by atoms with E-state index in [9.17, 15) is 9.90 Å². The van der Waals surface area contributed by atoms with Gasteiger partial charge in [-0.25, -0.2) is 0 Å². The fraction of sp³-hybridized carbons (Fsp3) is 0.417. The van der Waals surface area contributed by atoms with Crippen LogP contribution >= 0.6 is 11.6 Å². The number of phenols is 1. The van der Waals surface area contributed by atoms with Crippen LogP contribution in [0, 0.1) is 0 Å². The highest BCUT2D eigenvalue weighted by Gasteiger charge is 2.31. The molecule has 1 saturated heterocycles. The zero-order chi connectivity index (χ0) is 12.4. The van der Waals surface area contributed by atoms with Gasteiger partial charge in [-0.15, -0.1) is 0 Å². The fourth-order valence-corrected chi connectivity index (χ4v) is 2.43. The van der Waals surface area contributed by atoms with Gasteiger partial charge in [-0.1, -0.05) is 17.7 Å². The van der Waals surface area contributed by atoms with Crippen LogP contribution in [0.2, 0.25) is 5.02 Å². The molecule has 2 N–H and O–H groups in total. The zero-order valence-electron chi connectivity index (χ0n) is 9.27. The monoisotopic (exact) mass is 255 g/mol. The summed E-state index contributed by atoms with van der Waals surface area (Å²) < 4.78 is 0. The summed E-state index contributed by atoms with van der Waals surface area (Å²) in [6.45, 7) is 1.10. The topological polar surface area (TPSA) is 60.8 Å². The molecule has 0 aliphatic carbocycles. The molecule has 0 aromatic heterocycles. The Kier molecular flexibility index (Phi) is 3.54. The van der Waals surface area contributed by atoms with E-state index in [1.165, 1.54) is 0 Å². The molecule has 1 aliphatic rings. The SMILES string of the molecule is O=C(O)C1CCCN1Cc1c(O)cccc1Cl. The van der Waals surface area contributed by atoms with Crippen LogP contribution in [0.5, 0.6) is 5.75 Å². The zero-order valence-corrected chi connectivity index (χ0v) is 10.0. The summed E-state index contributed by atoms with van der Waals surface area (Å²) in [6.07, 6.45) is 1.52. The molecule has 1 fully saturated rings. The van der Waals surface area contributed by atoms with Crippen LogP contribution in [0.15, 0.2) is 18.2 Å². The lowest BCUT2D eigenvalue weighted by atomic mass is 10.1. The number of rotatable bonds is 3. The highest BCUT2D eigenvalue weighted by Crippen LogP contribution is 2.29. The molecular weight excluding hydrogens is 242 g/mol. The average Bonchev–Trinajstić information content (AvgIpc) is 2.72. The van der Waals surface area contributed by atoms with Crippen molar-refractivity contribution in [3.05, 3.63) is 28.8 Å². The van der Waals surface area contributed by atoms with E-state index < -0.39 is 12.0 Å². The summed E-state index contributed by atoms with van der Waals surface area (Å²) in [4.78, 5) is 12.9. The van der Waals surface area contributed by atoms with Crippen molar-refractivity contribution in [1.29, 1.82) is 0 Å². The maximum absolute atomic E-state index is 11.0. The third kappa shape index (κ3) is 2.53. The minimum absolute atomic E-state index is 0.119. The van der Waals surface area contributed by atoms with Gasteiger partial charge in [0, 0.05) is 17.1 Å². The van der Waals surface area contributed by atoms with Gasteiger partial charge in [0.05, 0.1) is 0 Å². The van der Waals surface area contributed by atoms with E-state index in [1.54, 1.807) is 18.2 Å². The van der Waals surface area contributed by atoms with Crippen LogP contribution < -0.4 is 0 Å². The molecule has 1 atom stereocenters. The van der Waals surface area contributed by atoms with Crippen LogP contribution in [0.4, 0.5) is 0 Å². The van der Waals surface area contributed by atoms with E-state index in [4.69, 9.17) is 16.7 Å². The first-order chi connectivity index (χ1) is 8.09. The number of likely N-dealkylation sites (tertiary alicyclic amines) is 1. The summed E-state index contributed by atoms with van der Waals surface area (Å²) in [5.41, 5.74) is 0.599. The van der Waals surface area contributed by atoms with E-state index in [2.05, 4.69) is 0 Å². The third-order valence-electron chi connectivity index (χ3n) is 3.10. The van der Waals surface area contributed by atoms with Crippen molar-refractivity contribution in [1.82, 2.24) is 4.90 Å². The first-order valence-corrected chi connectivity index (χ1v) is 5.90. The fourth-order valence-electron chi connectivity index (χ4n) is 2.20. The summed E-state index contributed by atoms with van der Waals surface area (Å²) in [6, 6.07) is 4.46. The van der Waals surface area contributed by atoms with E-state index in [0.29, 0.717) is 23.6 Å². The maximum atomic E-state index is 11.0. The Hall–Kier alpha value is -1.26. The van der Waals surface area contributed by atoms with Gasteiger partial charge in [0.1, 0.15) is 11.8 Å². The van der Waals surface area contributed by atoms with Crippen molar-refractivity contribution in [3.63, 3.8) is 0 Å². The molecule has 1 unspecified atom stereocenters. The van der Waals surface area contributed by atoms with Crippen LogP contribution in [-0.2, 0) is 11.3 Å². The lowest BCUT2D eigenvalue weighted by Gasteiger charge is -2.21. The van der Waals surface area contributed by atoms with Crippen LogP contribution in [0.25, 0.3) is 0 Å². The lowest BCUT2D eigenvalue weighted by Crippen LogP contribution is -2.35. The first kappa shape index (κ1) is 12.2. The second-order valence-electron chi connectivity index (χ2n) is 4.20. The standard InChI is InChI=1S/C12H14ClNO3/c13-9-3-1-5-11(15)8(9)7-14-6-2-4-10(14)12(16)17/h1,3,5,10,15H,2,4,6-7H2,(H,16,17). The molecule has 0 saturated carbocycles. The normalized spacial score (nSPS) is 20.6. The number of nitrogens with zero attached hydrogens (tertiary/aromatic N) is 1. The highest BCUT2D eigenvalue weighted by atomic mass is 35.5. The number of carboxylic acids is 1. The van der Waals surface area contributed by atoms with E-state index in [-0.39, 0.29) is 5.75 Å². The molecule has 0 radical (unpaired) electrons. The van der Waals surface area contributed by atoms with Crippen molar-refractivity contribution in [3.8, 4) is 5.75 Å². The van der Waals surface area contributed by atoms with Gasteiger partial charge in [0.15, 0.2) is 0 Å². The summed E-state index contributed by atoms with van der Waals surface area (Å²) >= 11 is 6.00. The Labute approximate surface area is 104 Å². The molecule has 1 heterocycles. The number of aliphatic carboxylic acids is 1. The first-order valence-electron chi connectivity index (χ1n) is 5.53. The lowest BCUT2D eigenvalue weighted by molar-refractivity contribution is -0.142. The van der Waals surface area contributed by atoms with Crippen molar-refractivity contribution in [2.75, 3.05) is 6.54 Å². The van der Waals surface area contributed by atoms with Crippen LogP contribution in [0.3, 0.4) is 0 Å². The number of carboxylic acid groups (broad SMARTS) is 1. The van der Waals surface area contributed by atoms with Gasteiger partial charge in [-0.05, 0) is 31.5 Å². The second-order valence-corrected chi connectivity index (χ2v) is 4.61. The number of carbonyl (C=O) groups is 1. The molecule has 0 amide bonds. The molecule has 17 heavy (non-hydrogen) atoms. The Balaban J connectivity index is 2.18. The molecule has 5 heteroatoms. The average molecular weight is 256 g/mol. The van der Waals surface area contributed by atoms with Crippen LogP contribution in [-0.4, -0.2) is 33.7 Å². The molecule has 1 aromatic carbocycles. The van der Waals surface area contributed by atoms with Crippen LogP contribution in [0.1, 0.15) is 18.4 Å². The van der Waals surface area contributed by atoms with Gasteiger partial charge in [-0.3, -0.25) is 9.69 Å². The number of hydrogen-bond acceptors (Lipinski definition) is 3. The molecule has 4 nitrogen and oxygen atoms in total. The van der Waals surface area contributed by atoms with Crippen molar-refractivity contribution >= 4 is 17.6 Å². The van der Waals surface area contributed by atoms with E-state index in [1.807, 2.05) is 4.90 Å². The maximum Gasteiger partial charge on any atom is 0.320 e. The summed E-state index contributed by atoms with van der Waals surface area (Å²) in [5, 5.41) is 19.3. The molecular formula is C12H14ClNO3. The third-order valence-corrected chi connectivity index (χ3v) is 3.46. The number of halogens is 1. The second kappa shape index (κ2) is 4.94. The van der Waals surface area contributed by atoms with Gasteiger partial charge in [-0.2, -0.15) is 0 Å². The largest absolute Gasteiger partial charge is 0.508 e. The minimum Gasteiger partial charge on any atom is -0.508 e. The predicted molar refractivity (Wildman–Crippen MR) is 64.2 cm³/mol. The predicted octanol–water partition coefficient (Wildman–Crippen LogP) is 2.09. The number of benzene rings is 1. The quantitative estimate of drug-likeness (QED) is 0.868. The van der Waals surface area contributed by atoms with Crippen molar-refractivity contribution in [2.24, 2.45) is 0 Å². The summed E-state index contributed by atoms with van der Waals surface area (Å²) in [7, 11) is 0. The Morgan fingerprint density at radius 2 is 2.29 bits per heavy atom. The molecule has 0 spiro atoms. The van der Waals surface area contributed by atoms with Crippen molar-refractivity contribution < 1.29 is 15.0 Å². The van der Waals surface area contributed by atoms with E-state index in [0.717, 1.165) is 13.0 Å². The number of aromatic hydroxyl groups is 1. The number of phenolic OH excluding ortho intramolecular Hbond substituents is 1. The highest BCUT2D eigenvalue weighted by molar-refractivity contribution is 6.31. The molecule has 0 bridgehead atoms. The number of hydrogen-bond donors (Lipinski definition) is 2. The Morgan fingerprint density at radius 1 is 1.53 bits per heavy atom.